The molecule has 1 saturated heterocycles. The number of piperidine rings is 1. The van der Waals surface area contributed by atoms with E-state index in [2.05, 4.69) is 0 Å². The molecule has 0 unspecified atom stereocenters. The van der Waals surface area contributed by atoms with Crippen LogP contribution in [0.1, 0.15) is 55.4 Å². The third-order valence-corrected chi connectivity index (χ3v) is 7.23. The lowest BCUT2D eigenvalue weighted by Gasteiger charge is -2.50. The molecule has 3 heterocycles. The Bertz CT molecular complexity index is 1160. The first kappa shape index (κ1) is 27.2. The van der Waals surface area contributed by atoms with Gasteiger partial charge in [0.15, 0.2) is 11.5 Å². The summed E-state index contributed by atoms with van der Waals surface area (Å²) in [6.45, 7) is 6.71. The van der Waals surface area contributed by atoms with Crippen LogP contribution < -0.4 is 9.47 Å². The van der Waals surface area contributed by atoms with E-state index in [0.29, 0.717) is 55.2 Å². The Labute approximate surface area is 212 Å². The van der Waals surface area contributed by atoms with E-state index in [1.165, 1.54) is 13.2 Å². The fourth-order valence-corrected chi connectivity index (χ4v) is 5.31. The highest BCUT2D eigenvalue weighted by Crippen LogP contribution is 2.48. The van der Waals surface area contributed by atoms with Crippen molar-refractivity contribution in [2.24, 2.45) is 0 Å². The van der Waals surface area contributed by atoms with Crippen LogP contribution in [0.15, 0.2) is 30.3 Å². The number of alkyl halides is 5. The molecule has 2 aliphatic rings. The summed E-state index contributed by atoms with van der Waals surface area (Å²) in [5.41, 5.74) is -1.38. The maximum atomic E-state index is 14.2. The number of nitrogens with zero attached hydrogens (tertiary/aromatic N) is 3. The molecule has 1 aromatic heterocycles. The summed E-state index contributed by atoms with van der Waals surface area (Å²) in [7, 11) is 3.34. The minimum Gasteiger partial charge on any atom is -0.493 e. The summed E-state index contributed by atoms with van der Waals surface area (Å²) in [4.78, 5) is 17.0. The summed E-state index contributed by atoms with van der Waals surface area (Å²) in [5.74, 6) is -4.22. The molecular weight excluding hydrogens is 497 g/mol. The van der Waals surface area contributed by atoms with E-state index in [4.69, 9.17) is 9.47 Å². The third kappa shape index (κ3) is 4.78. The average molecular weight is 530 g/mol. The van der Waals surface area contributed by atoms with Crippen molar-refractivity contribution in [3.63, 3.8) is 0 Å². The smallest absolute Gasteiger partial charge is 0.459 e. The minimum atomic E-state index is -5.68. The lowest BCUT2D eigenvalue weighted by Crippen LogP contribution is -2.57. The van der Waals surface area contributed by atoms with Gasteiger partial charge in [-0.15, -0.1) is 0 Å². The lowest BCUT2D eigenvalue weighted by molar-refractivity contribution is -0.292. The number of rotatable bonds is 4. The van der Waals surface area contributed by atoms with Crippen LogP contribution in [0, 0.1) is 0 Å². The number of likely N-dealkylation sites (tertiary alicyclic amines) is 1. The molecular formula is C26H32F5N3O3. The van der Waals surface area contributed by atoms with Crippen molar-refractivity contribution >= 4 is 5.91 Å². The molecule has 0 saturated carbocycles. The van der Waals surface area contributed by atoms with E-state index in [1.54, 1.807) is 23.1 Å². The second-order valence-electron chi connectivity index (χ2n) is 10.7. The van der Waals surface area contributed by atoms with Gasteiger partial charge < -0.3 is 18.9 Å². The summed E-state index contributed by atoms with van der Waals surface area (Å²) < 4.78 is 80.2. The number of hydrogen-bond donors (Lipinski definition) is 0. The van der Waals surface area contributed by atoms with Gasteiger partial charge in [0.2, 0.25) is 0 Å². The Kier molecular flexibility index (Phi) is 6.75. The number of amides is 1. The number of benzene rings is 1. The van der Waals surface area contributed by atoms with Crippen LogP contribution in [0.5, 0.6) is 11.5 Å². The molecule has 1 aromatic carbocycles. The zero-order valence-corrected chi connectivity index (χ0v) is 21.6. The van der Waals surface area contributed by atoms with Crippen molar-refractivity contribution in [1.29, 1.82) is 0 Å². The highest BCUT2D eigenvalue weighted by Gasteiger charge is 2.61. The molecule has 1 fully saturated rings. The van der Waals surface area contributed by atoms with Crippen LogP contribution >= 0.6 is 0 Å². The maximum Gasteiger partial charge on any atom is 0.459 e. The van der Waals surface area contributed by atoms with Crippen molar-refractivity contribution in [1.82, 2.24) is 14.4 Å². The van der Waals surface area contributed by atoms with E-state index in [9.17, 15) is 26.7 Å². The zero-order valence-electron chi connectivity index (χ0n) is 21.6. The van der Waals surface area contributed by atoms with E-state index >= 15 is 0 Å². The van der Waals surface area contributed by atoms with Gasteiger partial charge in [-0.1, -0.05) is 0 Å². The number of fused-ring (bicyclic) bond motifs is 2. The Balaban J connectivity index is 1.56. The SMILES string of the molecule is COc1cc(C(=O)N2CCC3(CC2)c2ccc(C(F)(F)C(F)(F)F)n2CCN3C)ccc1OC(C)(C)C. The summed E-state index contributed by atoms with van der Waals surface area (Å²) in [6.07, 6.45) is -4.87. The van der Waals surface area contributed by atoms with Crippen LogP contribution in [0.2, 0.25) is 0 Å². The van der Waals surface area contributed by atoms with Gasteiger partial charge in [-0.2, -0.15) is 22.0 Å². The number of hydrogen-bond acceptors (Lipinski definition) is 4. The van der Waals surface area contributed by atoms with Crippen LogP contribution in [0.3, 0.4) is 0 Å². The molecule has 0 radical (unpaired) electrons. The van der Waals surface area contributed by atoms with E-state index in [0.717, 1.165) is 10.6 Å². The fraction of sp³-hybridized carbons (Fsp3) is 0.577. The molecule has 11 heteroatoms. The molecule has 1 spiro atoms. The second kappa shape index (κ2) is 9.18. The number of ether oxygens (including phenoxy) is 2. The number of halogens is 5. The molecule has 0 atom stereocenters. The summed E-state index contributed by atoms with van der Waals surface area (Å²) >= 11 is 0. The second-order valence-corrected chi connectivity index (χ2v) is 10.7. The van der Waals surface area contributed by atoms with Crippen molar-refractivity contribution in [2.75, 3.05) is 33.8 Å². The fourth-order valence-electron chi connectivity index (χ4n) is 5.31. The zero-order chi connectivity index (χ0) is 27.4. The predicted octanol–water partition coefficient (Wildman–Crippen LogP) is 5.41. The maximum absolute atomic E-state index is 14.2. The van der Waals surface area contributed by atoms with Crippen molar-refractivity contribution in [3.8, 4) is 11.5 Å². The molecule has 1 amide bonds. The predicted molar refractivity (Wildman–Crippen MR) is 127 cm³/mol. The van der Waals surface area contributed by atoms with Gasteiger partial charge in [-0.3, -0.25) is 9.69 Å². The van der Waals surface area contributed by atoms with Gasteiger partial charge in [0.25, 0.3) is 5.91 Å². The van der Waals surface area contributed by atoms with Crippen molar-refractivity contribution in [3.05, 3.63) is 47.3 Å². The highest BCUT2D eigenvalue weighted by atomic mass is 19.4. The largest absolute Gasteiger partial charge is 0.493 e. The summed E-state index contributed by atoms with van der Waals surface area (Å²) in [6, 6.07) is 7.24. The Hall–Kier alpha value is -2.82. The Morgan fingerprint density at radius 3 is 2.14 bits per heavy atom. The Morgan fingerprint density at radius 1 is 0.919 bits per heavy atom. The lowest BCUT2D eigenvalue weighted by atomic mass is 9.81. The number of carbonyl (C=O) groups excluding carboxylic acids is 1. The molecule has 0 aliphatic carbocycles. The number of aromatic nitrogens is 1. The monoisotopic (exact) mass is 529 g/mol. The van der Waals surface area contributed by atoms with Crippen LogP contribution in [-0.2, 0) is 18.0 Å². The van der Waals surface area contributed by atoms with Crippen LogP contribution in [0.4, 0.5) is 22.0 Å². The molecule has 204 valence electrons. The molecule has 0 N–H and O–H groups in total. The van der Waals surface area contributed by atoms with Crippen LogP contribution in [-0.4, -0.2) is 65.8 Å². The van der Waals surface area contributed by atoms with Gasteiger partial charge in [-0.25, -0.2) is 0 Å². The van der Waals surface area contributed by atoms with Gasteiger partial charge in [-0.05, 0) is 71.0 Å². The van der Waals surface area contributed by atoms with Gasteiger partial charge in [0.1, 0.15) is 5.60 Å². The van der Waals surface area contributed by atoms with Gasteiger partial charge >= 0.3 is 12.1 Å². The molecule has 4 rings (SSSR count). The van der Waals surface area contributed by atoms with Crippen molar-refractivity contribution in [2.45, 2.75) is 63.4 Å². The molecule has 2 aromatic rings. The number of methoxy groups -OCH3 is 1. The highest BCUT2D eigenvalue weighted by molar-refractivity contribution is 5.95. The van der Waals surface area contributed by atoms with Crippen molar-refractivity contribution < 1.29 is 36.2 Å². The van der Waals surface area contributed by atoms with Gasteiger partial charge in [0, 0.05) is 37.4 Å². The average Bonchev–Trinajstić information content (AvgIpc) is 3.26. The molecule has 0 bridgehead atoms. The quantitative estimate of drug-likeness (QED) is 0.498. The molecule has 37 heavy (non-hydrogen) atoms. The van der Waals surface area contributed by atoms with Crippen LogP contribution in [0.25, 0.3) is 0 Å². The summed E-state index contributed by atoms with van der Waals surface area (Å²) in [5, 5.41) is 0. The molecule has 6 nitrogen and oxygen atoms in total. The number of carbonyl (C=O) groups is 1. The van der Waals surface area contributed by atoms with Gasteiger partial charge in [0.05, 0.1) is 18.3 Å². The third-order valence-electron chi connectivity index (χ3n) is 7.23. The van der Waals surface area contributed by atoms with E-state index in [-0.39, 0.29) is 12.5 Å². The van der Waals surface area contributed by atoms with E-state index < -0.39 is 28.9 Å². The molecule has 2 aliphatic heterocycles. The standard InChI is InChI=1S/C26H32F5N3O3/c1-23(2,3)37-18-7-6-17(16-19(18)36-5)22(35)33-12-10-24(11-13-33)20-8-9-21(25(27,28)26(29,30)31)34(20)15-14-32(24)4/h6-9,16H,10-15H2,1-5H3. The first-order valence-corrected chi connectivity index (χ1v) is 12.1. The minimum absolute atomic E-state index is 0.0347. The Morgan fingerprint density at radius 2 is 1.57 bits per heavy atom. The normalized spacial score (nSPS) is 18.6. The first-order valence-electron chi connectivity index (χ1n) is 12.1. The first-order chi connectivity index (χ1) is 17.1. The number of likely N-dealkylation sites (N-methyl/N-ethyl adjacent to an activating group) is 1. The van der Waals surface area contributed by atoms with E-state index in [1.807, 2.05) is 32.7 Å². The topological polar surface area (TPSA) is 46.9 Å².